The van der Waals surface area contributed by atoms with E-state index in [2.05, 4.69) is 0 Å². The molecule has 0 aliphatic rings. The molecule has 0 aromatic heterocycles. The second-order valence-electron chi connectivity index (χ2n) is 5.73. The minimum atomic E-state index is -1.17. The molecular weight excluding hydrogens is 377 g/mol. The van der Waals surface area contributed by atoms with Gasteiger partial charge in [0.25, 0.3) is 0 Å². The van der Waals surface area contributed by atoms with E-state index in [1.807, 2.05) is 0 Å². The highest BCUT2D eigenvalue weighted by atomic mass is 19.1. The molecule has 0 saturated carbocycles. The first-order valence-corrected chi connectivity index (χ1v) is 7.85. The van der Waals surface area contributed by atoms with Gasteiger partial charge in [-0.25, -0.2) is 4.39 Å². The molecule has 0 aliphatic carbocycles. The van der Waals surface area contributed by atoms with E-state index in [1.54, 1.807) is 0 Å². The van der Waals surface area contributed by atoms with Crippen molar-refractivity contribution in [2.75, 3.05) is 0 Å². The highest BCUT2D eigenvalue weighted by Crippen LogP contribution is 2.50. The van der Waals surface area contributed by atoms with Gasteiger partial charge in [0.1, 0.15) is 27.5 Å². The maximum absolute atomic E-state index is 13.9. The largest absolute Gasteiger partial charge is 0.505 e. The summed E-state index contributed by atoms with van der Waals surface area (Å²) in [6, 6.07) is 2.96. The van der Waals surface area contributed by atoms with Gasteiger partial charge in [0.2, 0.25) is 5.75 Å². The molecule has 2 rings (SSSR count). The van der Waals surface area contributed by atoms with Crippen molar-refractivity contribution >= 4 is 43.0 Å². The fourth-order valence-electron chi connectivity index (χ4n) is 2.74. The third kappa shape index (κ3) is 3.32. The van der Waals surface area contributed by atoms with Gasteiger partial charge in [-0.05, 0) is 18.6 Å². The molecule has 0 unspecified atom stereocenters. The smallest absolute Gasteiger partial charge is 0.201 e. The molecule has 10 heteroatoms. The van der Waals surface area contributed by atoms with Gasteiger partial charge >= 0.3 is 0 Å². The number of fused-ring (bicyclic) bond motifs is 1. The van der Waals surface area contributed by atoms with Gasteiger partial charge in [-0.3, -0.25) is 0 Å². The van der Waals surface area contributed by atoms with Crippen LogP contribution >= 0.6 is 0 Å². The molecule has 140 valence electrons. The number of hydrogen-bond acceptors (Lipinski definition) is 7. The highest BCUT2D eigenvalue weighted by molar-refractivity contribution is 6.55. The lowest BCUT2D eigenvalue weighted by Gasteiger charge is -2.19. The lowest BCUT2D eigenvalue weighted by atomic mass is 9.75. The standard InChI is InChI=1S/C19H11B2FN2O5/c1-2-7(5-8(6-24)9(22)3-4-23)10-11-12(17(27)19(29)15(10)25)13(20)14(21)18(28)16(11)26/h2-3,5,25-29H,1H3/b7-2+,8-5-,9-3-. The van der Waals surface area contributed by atoms with Crippen LogP contribution in [0.15, 0.2) is 29.6 Å². The Hall–Kier alpha value is -4.04. The average molecular weight is 388 g/mol. The van der Waals surface area contributed by atoms with Gasteiger partial charge in [-0.15, -0.1) is 0 Å². The van der Waals surface area contributed by atoms with Crippen molar-refractivity contribution in [3.8, 4) is 40.9 Å². The number of phenolic OH excluding ortho intramolecular Hbond substituents is 5. The zero-order valence-electron chi connectivity index (χ0n) is 14.9. The first kappa shape index (κ1) is 21.3. The van der Waals surface area contributed by atoms with E-state index in [9.17, 15) is 29.9 Å². The fourth-order valence-corrected chi connectivity index (χ4v) is 2.74. The lowest BCUT2D eigenvalue weighted by Crippen LogP contribution is -2.27. The third-order valence-electron chi connectivity index (χ3n) is 4.17. The van der Waals surface area contributed by atoms with Crippen molar-refractivity contribution in [2.24, 2.45) is 0 Å². The normalized spacial score (nSPS) is 12.6. The molecule has 2 aromatic carbocycles. The number of nitrogens with zero attached hydrogens (tertiary/aromatic N) is 2. The number of halogens is 1. The first-order valence-electron chi connectivity index (χ1n) is 7.85. The maximum atomic E-state index is 13.9. The zero-order valence-corrected chi connectivity index (χ0v) is 14.9. The molecule has 0 heterocycles. The Morgan fingerprint density at radius 3 is 2.00 bits per heavy atom. The number of nitriles is 2. The topological polar surface area (TPSA) is 149 Å². The summed E-state index contributed by atoms with van der Waals surface area (Å²) < 4.78 is 13.9. The minimum absolute atomic E-state index is 0.111. The van der Waals surface area contributed by atoms with E-state index in [1.165, 1.54) is 25.1 Å². The van der Waals surface area contributed by atoms with Gasteiger partial charge in [-0.1, -0.05) is 17.0 Å². The Morgan fingerprint density at radius 1 is 0.897 bits per heavy atom. The van der Waals surface area contributed by atoms with E-state index < -0.39 is 56.5 Å². The monoisotopic (exact) mass is 388 g/mol. The Kier molecular flexibility index (Phi) is 5.80. The summed E-state index contributed by atoms with van der Waals surface area (Å²) in [7, 11) is 11.4. The molecule has 2 aromatic rings. The molecule has 0 fully saturated rings. The molecule has 4 radical (unpaired) electrons. The molecule has 5 N–H and O–H groups in total. The van der Waals surface area contributed by atoms with Crippen LogP contribution in [0.25, 0.3) is 16.3 Å². The molecule has 0 bridgehead atoms. The van der Waals surface area contributed by atoms with Crippen LogP contribution in [0, 0.1) is 22.7 Å². The van der Waals surface area contributed by atoms with Gasteiger partial charge in [-0.2, -0.15) is 10.5 Å². The van der Waals surface area contributed by atoms with Gasteiger partial charge in [0, 0.05) is 16.3 Å². The average Bonchev–Trinajstić information content (AvgIpc) is 2.70. The predicted octanol–water partition coefficient (Wildman–Crippen LogP) is 1.19. The maximum Gasteiger partial charge on any atom is 0.201 e. The minimum Gasteiger partial charge on any atom is -0.505 e. The van der Waals surface area contributed by atoms with Crippen LogP contribution in [0.1, 0.15) is 12.5 Å². The van der Waals surface area contributed by atoms with Crippen LogP contribution in [-0.2, 0) is 0 Å². The quantitative estimate of drug-likeness (QED) is 0.230. The van der Waals surface area contributed by atoms with E-state index in [-0.39, 0.29) is 16.5 Å². The lowest BCUT2D eigenvalue weighted by molar-refractivity contribution is 0.370. The van der Waals surface area contributed by atoms with Gasteiger partial charge in [0.05, 0.1) is 17.7 Å². The SMILES string of the molecule is [B]c1c(O)c(O)c2c(C(/C=C(C#N)\C(F)=C\C#N)=C/C)c(O)c(O)c(O)c2c1[B]. The highest BCUT2D eigenvalue weighted by Gasteiger charge is 2.26. The molecule has 0 aliphatic heterocycles. The van der Waals surface area contributed by atoms with Crippen molar-refractivity contribution in [3.63, 3.8) is 0 Å². The number of aromatic hydroxyl groups is 5. The Morgan fingerprint density at radius 2 is 1.48 bits per heavy atom. The number of hydrogen-bond donors (Lipinski definition) is 5. The van der Waals surface area contributed by atoms with Crippen LogP contribution in [0.5, 0.6) is 28.7 Å². The van der Waals surface area contributed by atoms with E-state index in [0.717, 1.165) is 6.08 Å². The van der Waals surface area contributed by atoms with Crippen molar-refractivity contribution in [2.45, 2.75) is 6.92 Å². The summed E-state index contributed by atoms with van der Waals surface area (Å²) in [6.45, 7) is 1.43. The van der Waals surface area contributed by atoms with E-state index in [0.29, 0.717) is 6.08 Å². The van der Waals surface area contributed by atoms with Crippen LogP contribution in [0.3, 0.4) is 0 Å². The molecular formula is C19H11B2FN2O5. The number of rotatable bonds is 3. The molecule has 0 amide bonds. The van der Waals surface area contributed by atoms with Crippen molar-refractivity contribution < 1.29 is 29.9 Å². The molecule has 0 atom stereocenters. The van der Waals surface area contributed by atoms with Crippen LogP contribution in [-0.4, -0.2) is 41.2 Å². The molecule has 0 saturated heterocycles. The summed E-state index contributed by atoms with van der Waals surface area (Å²) in [5.74, 6) is -5.79. The summed E-state index contributed by atoms with van der Waals surface area (Å²) in [5.41, 5.74) is -1.99. The zero-order chi connectivity index (χ0) is 22.0. The number of phenols is 5. The molecule has 7 nitrogen and oxygen atoms in total. The number of benzene rings is 2. The van der Waals surface area contributed by atoms with Crippen molar-refractivity contribution in [1.82, 2.24) is 0 Å². The predicted molar refractivity (Wildman–Crippen MR) is 105 cm³/mol. The Labute approximate surface area is 167 Å². The molecule has 29 heavy (non-hydrogen) atoms. The van der Waals surface area contributed by atoms with Gasteiger partial charge < -0.3 is 25.5 Å². The van der Waals surface area contributed by atoms with E-state index in [4.69, 9.17) is 26.2 Å². The fraction of sp³-hybridized carbons (Fsp3) is 0.0526. The second-order valence-corrected chi connectivity index (χ2v) is 5.73. The first-order chi connectivity index (χ1) is 13.6. The molecule has 0 spiro atoms. The van der Waals surface area contributed by atoms with Crippen LogP contribution < -0.4 is 10.9 Å². The summed E-state index contributed by atoms with van der Waals surface area (Å²) in [6.07, 6.45) is 2.69. The van der Waals surface area contributed by atoms with Crippen molar-refractivity contribution in [3.05, 3.63) is 35.2 Å². The van der Waals surface area contributed by atoms with Crippen LogP contribution in [0.4, 0.5) is 4.39 Å². The summed E-state index contributed by atoms with van der Waals surface area (Å²) >= 11 is 0. The van der Waals surface area contributed by atoms with Crippen molar-refractivity contribution in [1.29, 1.82) is 10.5 Å². The third-order valence-corrected chi connectivity index (χ3v) is 4.17. The van der Waals surface area contributed by atoms with Crippen LogP contribution in [0.2, 0.25) is 0 Å². The van der Waals surface area contributed by atoms with Gasteiger partial charge in [0.15, 0.2) is 23.1 Å². The summed E-state index contributed by atoms with van der Waals surface area (Å²) in [5, 5.41) is 68.0. The Bertz CT molecular complexity index is 1210. The number of allylic oxidation sites excluding steroid dienone is 6. The second kappa shape index (κ2) is 7.91. The Balaban J connectivity index is 3.09. The van der Waals surface area contributed by atoms with E-state index >= 15 is 0 Å². The summed E-state index contributed by atoms with van der Waals surface area (Å²) in [4.78, 5) is 0.